The van der Waals surface area contributed by atoms with Crippen molar-refractivity contribution in [3.63, 3.8) is 0 Å². The average molecular weight is 202 g/mol. The molecule has 0 aliphatic carbocycles. The van der Waals surface area contributed by atoms with Crippen LogP contribution in [0.3, 0.4) is 0 Å². The molecule has 0 amide bonds. The molecule has 1 aliphatic rings. The summed E-state index contributed by atoms with van der Waals surface area (Å²) in [5, 5.41) is 0. The number of hydrogen-bond acceptors (Lipinski definition) is 2. The number of anilines is 1. The molecule has 0 fully saturated rings. The van der Waals surface area contributed by atoms with E-state index in [1.54, 1.807) is 0 Å². The number of nitrogens with zero attached hydrogens (tertiary/aromatic N) is 2. The number of amidine groups is 1. The summed E-state index contributed by atoms with van der Waals surface area (Å²) in [6.07, 6.45) is 1.15. The van der Waals surface area contributed by atoms with E-state index in [-0.39, 0.29) is 0 Å². The van der Waals surface area contributed by atoms with Crippen LogP contribution in [0.1, 0.15) is 20.3 Å². The summed E-state index contributed by atoms with van der Waals surface area (Å²) in [6.45, 7) is 6.44. The van der Waals surface area contributed by atoms with Crippen LogP contribution in [0.15, 0.2) is 35.3 Å². The van der Waals surface area contributed by atoms with Gasteiger partial charge in [-0.2, -0.15) is 0 Å². The zero-order chi connectivity index (χ0) is 10.7. The van der Waals surface area contributed by atoms with Crippen molar-refractivity contribution >= 4 is 11.5 Å². The van der Waals surface area contributed by atoms with Gasteiger partial charge in [0.25, 0.3) is 0 Å². The van der Waals surface area contributed by atoms with Crippen LogP contribution in [0.2, 0.25) is 0 Å². The lowest BCUT2D eigenvalue weighted by Gasteiger charge is -2.23. The number of aliphatic imine (C=N–C) groups is 1. The Morgan fingerprint density at radius 3 is 2.73 bits per heavy atom. The molecule has 1 heterocycles. The minimum absolute atomic E-state index is 0.563. The van der Waals surface area contributed by atoms with E-state index in [1.165, 1.54) is 11.5 Å². The van der Waals surface area contributed by atoms with E-state index >= 15 is 0 Å². The van der Waals surface area contributed by atoms with Crippen LogP contribution in [0, 0.1) is 5.92 Å². The molecule has 0 saturated heterocycles. The Hall–Kier alpha value is -1.31. The quantitative estimate of drug-likeness (QED) is 0.735. The molecule has 0 aromatic heterocycles. The molecule has 1 unspecified atom stereocenters. The molecule has 0 N–H and O–H groups in total. The van der Waals surface area contributed by atoms with Crippen LogP contribution in [0.25, 0.3) is 0 Å². The molecule has 2 heteroatoms. The lowest BCUT2D eigenvalue weighted by molar-refractivity contribution is 0.729. The summed E-state index contributed by atoms with van der Waals surface area (Å²) < 4.78 is 0. The Balaban J connectivity index is 2.21. The van der Waals surface area contributed by atoms with Crippen molar-refractivity contribution in [1.82, 2.24) is 0 Å². The van der Waals surface area contributed by atoms with Crippen LogP contribution < -0.4 is 4.90 Å². The normalized spacial score (nSPS) is 17.7. The molecule has 0 radical (unpaired) electrons. The van der Waals surface area contributed by atoms with Gasteiger partial charge in [0.05, 0.1) is 6.54 Å². The third-order valence-corrected chi connectivity index (χ3v) is 2.99. The highest BCUT2D eigenvalue weighted by Gasteiger charge is 2.21. The van der Waals surface area contributed by atoms with Gasteiger partial charge in [0.15, 0.2) is 0 Å². The van der Waals surface area contributed by atoms with Crippen molar-refractivity contribution in [2.75, 3.05) is 18.0 Å². The first-order valence-corrected chi connectivity index (χ1v) is 5.70. The summed E-state index contributed by atoms with van der Waals surface area (Å²) in [4.78, 5) is 6.95. The fourth-order valence-electron chi connectivity index (χ4n) is 1.94. The van der Waals surface area contributed by atoms with Gasteiger partial charge in [-0.1, -0.05) is 32.0 Å². The molecule has 0 saturated carbocycles. The Morgan fingerprint density at radius 2 is 2.07 bits per heavy atom. The lowest BCUT2D eigenvalue weighted by Crippen LogP contribution is -2.31. The molecule has 0 bridgehead atoms. The summed E-state index contributed by atoms with van der Waals surface area (Å²) in [5.41, 5.74) is 1.27. The maximum absolute atomic E-state index is 4.61. The molecule has 0 spiro atoms. The van der Waals surface area contributed by atoms with E-state index < -0.39 is 0 Å². The molecule has 1 atom stereocenters. The van der Waals surface area contributed by atoms with Crippen LogP contribution in [-0.2, 0) is 0 Å². The van der Waals surface area contributed by atoms with Gasteiger partial charge in [-0.15, -0.1) is 0 Å². The van der Waals surface area contributed by atoms with Crippen molar-refractivity contribution in [3.05, 3.63) is 30.3 Å². The molecule has 1 aromatic rings. The van der Waals surface area contributed by atoms with E-state index in [0.29, 0.717) is 5.92 Å². The van der Waals surface area contributed by atoms with E-state index in [2.05, 4.69) is 54.1 Å². The molecule has 80 valence electrons. The Bertz CT molecular complexity index is 343. The number of hydrogen-bond donors (Lipinski definition) is 0. The summed E-state index contributed by atoms with van der Waals surface area (Å²) >= 11 is 0. The highest BCUT2D eigenvalue weighted by Crippen LogP contribution is 2.21. The van der Waals surface area contributed by atoms with Crippen molar-refractivity contribution in [3.8, 4) is 0 Å². The molecule has 15 heavy (non-hydrogen) atoms. The minimum Gasteiger partial charge on any atom is -0.328 e. The number of rotatable bonds is 3. The van der Waals surface area contributed by atoms with E-state index in [4.69, 9.17) is 0 Å². The number of para-hydroxylation sites is 1. The standard InChI is InChI=1S/C13H18N2/c1-3-11(2)13-14-9-10-15(13)12-7-5-4-6-8-12/h4-8,11H,3,9-10H2,1-2H3. The Morgan fingerprint density at radius 1 is 1.33 bits per heavy atom. The third-order valence-electron chi connectivity index (χ3n) is 2.99. The molecular formula is C13H18N2. The van der Waals surface area contributed by atoms with Crippen LogP contribution in [0.5, 0.6) is 0 Å². The second kappa shape index (κ2) is 4.47. The molecule has 2 rings (SSSR count). The lowest BCUT2D eigenvalue weighted by atomic mass is 10.1. The van der Waals surface area contributed by atoms with Crippen LogP contribution in [-0.4, -0.2) is 18.9 Å². The van der Waals surface area contributed by atoms with Gasteiger partial charge in [-0.25, -0.2) is 0 Å². The van der Waals surface area contributed by atoms with Crippen molar-refractivity contribution in [2.24, 2.45) is 10.9 Å². The van der Waals surface area contributed by atoms with Crippen molar-refractivity contribution in [1.29, 1.82) is 0 Å². The molecular weight excluding hydrogens is 184 g/mol. The first kappa shape index (κ1) is 10.2. The molecule has 1 aromatic carbocycles. The van der Waals surface area contributed by atoms with E-state index in [0.717, 1.165) is 19.5 Å². The SMILES string of the molecule is CCC(C)C1=NCCN1c1ccccc1. The Kier molecular flexibility index (Phi) is 3.05. The molecule has 2 nitrogen and oxygen atoms in total. The zero-order valence-electron chi connectivity index (χ0n) is 9.48. The monoisotopic (exact) mass is 202 g/mol. The minimum atomic E-state index is 0.563. The van der Waals surface area contributed by atoms with Gasteiger partial charge in [-0.05, 0) is 18.6 Å². The Labute approximate surface area is 91.6 Å². The van der Waals surface area contributed by atoms with Gasteiger partial charge < -0.3 is 4.90 Å². The first-order chi connectivity index (χ1) is 7.33. The average Bonchev–Trinajstić information content (AvgIpc) is 2.78. The summed E-state index contributed by atoms with van der Waals surface area (Å²) in [5.74, 6) is 1.82. The largest absolute Gasteiger partial charge is 0.328 e. The van der Waals surface area contributed by atoms with E-state index in [1.807, 2.05) is 0 Å². The van der Waals surface area contributed by atoms with Crippen LogP contribution in [0.4, 0.5) is 5.69 Å². The third kappa shape index (κ3) is 2.04. The predicted molar refractivity (Wildman–Crippen MR) is 65.5 cm³/mol. The highest BCUT2D eigenvalue weighted by atomic mass is 15.2. The van der Waals surface area contributed by atoms with Gasteiger partial charge in [0.1, 0.15) is 5.84 Å². The van der Waals surface area contributed by atoms with Gasteiger partial charge in [0, 0.05) is 18.2 Å². The topological polar surface area (TPSA) is 15.6 Å². The van der Waals surface area contributed by atoms with Gasteiger partial charge >= 0.3 is 0 Å². The zero-order valence-corrected chi connectivity index (χ0v) is 9.48. The summed E-state index contributed by atoms with van der Waals surface area (Å²) in [7, 11) is 0. The van der Waals surface area contributed by atoms with Gasteiger partial charge in [0.2, 0.25) is 0 Å². The van der Waals surface area contributed by atoms with Gasteiger partial charge in [-0.3, -0.25) is 4.99 Å². The number of benzene rings is 1. The maximum atomic E-state index is 4.61. The van der Waals surface area contributed by atoms with Crippen LogP contribution >= 0.6 is 0 Å². The van der Waals surface area contributed by atoms with Crippen molar-refractivity contribution < 1.29 is 0 Å². The second-order valence-electron chi connectivity index (χ2n) is 4.04. The highest BCUT2D eigenvalue weighted by molar-refractivity contribution is 6.00. The smallest absolute Gasteiger partial charge is 0.106 e. The fourth-order valence-corrected chi connectivity index (χ4v) is 1.94. The first-order valence-electron chi connectivity index (χ1n) is 5.70. The molecule has 1 aliphatic heterocycles. The summed E-state index contributed by atoms with van der Waals surface area (Å²) in [6, 6.07) is 10.5. The predicted octanol–water partition coefficient (Wildman–Crippen LogP) is 2.95. The van der Waals surface area contributed by atoms with Crippen molar-refractivity contribution in [2.45, 2.75) is 20.3 Å². The fraction of sp³-hybridized carbons (Fsp3) is 0.462. The second-order valence-corrected chi connectivity index (χ2v) is 4.04. The maximum Gasteiger partial charge on any atom is 0.106 e. The van der Waals surface area contributed by atoms with E-state index in [9.17, 15) is 0 Å².